The van der Waals surface area contributed by atoms with E-state index in [0.717, 1.165) is 0 Å². The number of aliphatic hydroxyl groups is 1. The summed E-state index contributed by atoms with van der Waals surface area (Å²) in [5.41, 5.74) is 6.10. The zero-order valence-electron chi connectivity index (χ0n) is 8.44. The van der Waals surface area contributed by atoms with Crippen molar-refractivity contribution in [3.8, 4) is 17.2 Å². The van der Waals surface area contributed by atoms with Crippen LogP contribution in [0.3, 0.4) is 0 Å². The molecule has 1 unspecified atom stereocenters. The molecular weight excluding hydrogens is 278 g/mol. The standard InChI is InChI=1S/C10H12BrNO4/c11-8-9(14)5(6(12)4-13)3-7-10(8)16-2-1-15-7/h3,6,13-14H,1-2,4,12H2. The van der Waals surface area contributed by atoms with E-state index in [1.54, 1.807) is 6.07 Å². The summed E-state index contributed by atoms with van der Waals surface area (Å²) in [5, 5.41) is 18.9. The van der Waals surface area contributed by atoms with E-state index in [0.29, 0.717) is 34.7 Å². The first-order valence-corrected chi connectivity index (χ1v) is 5.62. The molecule has 5 nitrogen and oxygen atoms in total. The van der Waals surface area contributed by atoms with Gasteiger partial charge in [0.05, 0.1) is 12.6 Å². The molecule has 88 valence electrons. The molecule has 16 heavy (non-hydrogen) atoms. The maximum absolute atomic E-state index is 9.88. The van der Waals surface area contributed by atoms with Gasteiger partial charge in [0, 0.05) is 5.56 Å². The van der Waals surface area contributed by atoms with Crippen molar-refractivity contribution in [3.63, 3.8) is 0 Å². The Morgan fingerprint density at radius 1 is 1.44 bits per heavy atom. The zero-order valence-corrected chi connectivity index (χ0v) is 10.0. The van der Waals surface area contributed by atoms with Crippen LogP contribution in [0.25, 0.3) is 0 Å². The van der Waals surface area contributed by atoms with Gasteiger partial charge in [-0.1, -0.05) is 0 Å². The zero-order chi connectivity index (χ0) is 11.7. The second-order valence-corrected chi connectivity index (χ2v) is 4.23. The molecule has 1 aliphatic rings. The molecule has 0 aromatic heterocycles. The molecule has 2 rings (SSSR count). The highest BCUT2D eigenvalue weighted by Crippen LogP contribution is 2.46. The number of nitrogens with two attached hydrogens (primary N) is 1. The van der Waals surface area contributed by atoms with Gasteiger partial charge in [-0.3, -0.25) is 0 Å². The van der Waals surface area contributed by atoms with E-state index in [9.17, 15) is 5.11 Å². The molecular formula is C10H12BrNO4. The van der Waals surface area contributed by atoms with Crippen LogP contribution in [0.15, 0.2) is 10.5 Å². The number of ether oxygens (including phenoxy) is 2. The molecule has 4 N–H and O–H groups in total. The Labute approximate surface area is 101 Å². The molecule has 1 aromatic rings. The average molecular weight is 290 g/mol. The van der Waals surface area contributed by atoms with Crippen molar-refractivity contribution >= 4 is 15.9 Å². The van der Waals surface area contributed by atoms with Crippen LogP contribution in [0.1, 0.15) is 11.6 Å². The predicted molar refractivity (Wildman–Crippen MR) is 60.8 cm³/mol. The predicted octanol–water partition coefficient (Wildman–Crippen LogP) is 0.918. The van der Waals surface area contributed by atoms with E-state index in [2.05, 4.69) is 15.9 Å². The number of benzene rings is 1. The molecule has 1 aliphatic heterocycles. The van der Waals surface area contributed by atoms with Gasteiger partial charge in [-0.15, -0.1) is 0 Å². The lowest BCUT2D eigenvalue weighted by atomic mass is 10.1. The fraction of sp³-hybridized carbons (Fsp3) is 0.400. The molecule has 0 aliphatic carbocycles. The number of phenolic OH excluding ortho intramolecular Hbond substituents is 1. The quantitative estimate of drug-likeness (QED) is 0.754. The van der Waals surface area contributed by atoms with E-state index >= 15 is 0 Å². The smallest absolute Gasteiger partial charge is 0.179 e. The summed E-state index contributed by atoms with van der Waals surface area (Å²) in [6.45, 7) is 0.647. The normalized spacial score (nSPS) is 15.9. The molecule has 1 aromatic carbocycles. The van der Waals surface area contributed by atoms with Gasteiger partial charge in [0.15, 0.2) is 11.5 Å². The Morgan fingerprint density at radius 3 is 2.81 bits per heavy atom. The van der Waals surface area contributed by atoms with Gasteiger partial charge < -0.3 is 25.4 Å². The van der Waals surface area contributed by atoms with E-state index < -0.39 is 6.04 Å². The minimum Gasteiger partial charge on any atom is -0.506 e. The van der Waals surface area contributed by atoms with Crippen LogP contribution in [0.4, 0.5) is 0 Å². The van der Waals surface area contributed by atoms with Gasteiger partial charge >= 0.3 is 0 Å². The molecule has 6 heteroatoms. The second-order valence-electron chi connectivity index (χ2n) is 3.44. The van der Waals surface area contributed by atoms with Crippen molar-refractivity contribution in [2.24, 2.45) is 5.73 Å². The lowest BCUT2D eigenvalue weighted by Crippen LogP contribution is -2.18. The highest BCUT2D eigenvalue weighted by Gasteiger charge is 2.23. The summed E-state index contributed by atoms with van der Waals surface area (Å²) in [6.07, 6.45) is 0. The molecule has 1 heterocycles. The van der Waals surface area contributed by atoms with Crippen molar-refractivity contribution in [3.05, 3.63) is 16.1 Å². The first-order valence-electron chi connectivity index (χ1n) is 4.82. The number of aromatic hydroxyl groups is 1. The molecule has 0 radical (unpaired) electrons. The molecule has 0 fully saturated rings. The minimum absolute atomic E-state index is 0.0224. The van der Waals surface area contributed by atoms with Crippen LogP contribution in [0.5, 0.6) is 17.2 Å². The van der Waals surface area contributed by atoms with Crippen LogP contribution >= 0.6 is 15.9 Å². The summed E-state index contributed by atoms with van der Waals surface area (Å²) < 4.78 is 11.2. The average Bonchev–Trinajstić information content (AvgIpc) is 2.33. The van der Waals surface area contributed by atoms with Crippen LogP contribution in [0.2, 0.25) is 0 Å². The number of halogens is 1. The van der Waals surface area contributed by atoms with Gasteiger partial charge in [-0.2, -0.15) is 0 Å². The minimum atomic E-state index is -0.646. The first-order chi connectivity index (χ1) is 7.65. The van der Waals surface area contributed by atoms with Crippen LogP contribution in [0, 0.1) is 0 Å². The van der Waals surface area contributed by atoms with Gasteiger partial charge in [-0.25, -0.2) is 0 Å². The fourth-order valence-corrected chi connectivity index (χ4v) is 2.07. The summed E-state index contributed by atoms with van der Waals surface area (Å²) >= 11 is 3.22. The van der Waals surface area contributed by atoms with Crippen molar-refractivity contribution < 1.29 is 19.7 Å². The number of aliphatic hydroxyl groups excluding tert-OH is 1. The fourth-order valence-electron chi connectivity index (χ4n) is 1.54. The van der Waals surface area contributed by atoms with Gasteiger partial charge in [0.1, 0.15) is 23.4 Å². The number of hydrogen-bond acceptors (Lipinski definition) is 5. The lowest BCUT2D eigenvalue weighted by Gasteiger charge is -2.22. The van der Waals surface area contributed by atoms with E-state index in [1.807, 2.05) is 0 Å². The largest absolute Gasteiger partial charge is 0.506 e. The van der Waals surface area contributed by atoms with Crippen LogP contribution in [-0.2, 0) is 0 Å². The van der Waals surface area contributed by atoms with Gasteiger partial charge in [0.25, 0.3) is 0 Å². The third-order valence-electron chi connectivity index (χ3n) is 2.37. The maximum Gasteiger partial charge on any atom is 0.179 e. The Morgan fingerprint density at radius 2 is 2.12 bits per heavy atom. The first kappa shape index (κ1) is 11.5. The Balaban J connectivity index is 2.52. The third-order valence-corrected chi connectivity index (χ3v) is 3.11. The lowest BCUT2D eigenvalue weighted by molar-refractivity contribution is 0.169. The van der Waals surface area contributed by atoms with Gasteiger partial charge in [-0.05, 0) is 22.0 Å². The van der Waals surface area contributed by atoms with Crippen LogP contribution in [-0.4, -0.2) is 30.0 Å². The SMILES string of the molecule is NC(CO)c1cc2c(c(Br)c1O)OCCO2. The van der Waals surface area contributed by atoms with Crippen molar-refractivity contribution in [1.29, 1.82) is 0 Å². The second kappa shape index (κ2) is 4.48. The van der Waals surface area contributed by atoms with E-state index in [-0.39, 0.29) is 12.4 Å². The highest BCUT2D eigenvalue weighted by atomic mass is 79.9. The van der Waals surface area contributed by atoms with Crippen molar-refractivity contribution in [2.45, 2.75) is 6.04 Å². The topological polar surface area (TPSA) is 84.9 Å². The summed E-state index contributed by atoms with van der Waals surface area (Å²) in [4.78, 5) is 0. The number of phenols is 1. The molecule has 0 saturated carbocycles. The Hall–Kier alpha value is -0.980. The van der Waals surface area contributed by atoms with E-state index in [1.165, 1.54) is 0 Å². The highest BCUT2D eigenvalue weighted by molar-refractivity contribution is 9.10. The Bertz CT molecular complexity index is 410. The molecule has 0 amide bonds. The number of rotatable bonds is 2. The molecule has 0 bridgehead atoms. The van der Waals surface area contributed by atoms with Crippen molar-refractivity contribution in [2.75, 3.05) is 19.8 Å². The molecule has 0 saturated heterocycles. The Kier molecular flexibility index (Phi) is 3.22. The summed E-state index contributed by atoms with van der Waals surface area (Å²) in [6, 6.07) is 0.947. The number of fused-ring (bicyclic) bond motifs is 1. The van der Waals surface area contributed by atoms with Crippen LogP contribution < -0.4 is 15.2 Å². The van der Waals surface area contributed by atoms with Gasteiger partial charge in [0.2, 0.25) is 0 Å². The summed E-state index contributed by atoms with van der Waals surface area (Å²) in [7, 11) is 0. The monoisotopic (exact) mass is 289 g/mol. The maximum atomic E-state index is 9.88. The molecule has 0 spiro atoms. The summed E-state index contributed by atoms with van der Waals surface area (Å²) in [5.74, 6) is 0.971. The number of hydrogen-bond donors (Lipinski definition) is 3. The van der Waals surface area contributed by atoms with E-state index in [4.69, 9.17) is 20.3 Å². The molecule has 1 atom stereocenters. The third kappa shape index (κ3) is 1.83. The van der Waals surface area contributed by atoms with Crippen molar-refractivity contribution in [1.82, 2.24) is 0 Å².